The van der Waals surface area contributed by atoms with Gasteiger partial charge in [-0.2, -0.15) is 0 Å². The van der Waals surface area contributed by atoms with E-state index in [9.17, 15) is 9.90 Å². The number of aryl methyl sites for hydroxylation is 1. The van der Waals surface area contributed by atoms with E-state index in [0.717, 1.165) is 34.1 Å². The molecule has 19 heavy (non-hydrogen) atoms. The summed E-state index contributed by atoms with van der Waals surface area (Å²) in [5.41, 5.74) is 2.92. The van der Waals surface area contributed by atoms with E-state index in [0.29, 0.717) is 17.4 Å². The van der Waals surface area contributed by atoms with Gasteiger partial charge in [-0.3, -0.25) is 4.98 Å². The zero-order valence-electron chi connectivity index (χ0n) is 11.0. The summed E-state index contributed by atoms with van der Waals surface area (Å²) in [5.74, 6) is -0.871. The molecule has 1 N–H and O–H groups in total. The van der Waals surface area contributed by atoms with Crippen LogP contribution in [0.3, 0.4) is 0 Å². The standard InChI is InChI=1S/C15H16BrNO2/c1-3-5-12-10(4-2)14(15(18)19)11-7-6-9(16)8-13(11)17-12/h6-8H,3-5H2,1-2H3,(H,18,19). The first-order chi connectivity index (χ1) is 9.08. The number of fused-ring (bicyclic) bond motifs is 1. The van der Waals surface area contributed by atoms with Gasteiger partial charge in [-0.15, -0.1) is 0 Å². The number of carboxylic acid groups (broad SMARTS) is 1. The van der Waals surface area contributed by atoms with Crippen LogP contribution in [0.1, 0.15) is 41.9 Å². The summed E-state index contributed by atoms with van der Waals surface area (Å²) in [7, 11) is 0. The van der Waals surface area contributed by atoms with Crippen molar-refractivity contribution in [1.82, 2.24) is 4.98 Å². The molecule has 0 aliphatic carbocycles. The lowest BCUT2D eigenvalue weighted by molar-refractivity contribution is 0.0697. The second kappa shape index (κ2) is 5.70. The Hall–Kier alpha value is -1.42. The number of rotatable bonds is 4. The van der Waals surface area contributed by atoms with Gasteiger partial charge in [0.1, 0.15) is 0 Å². The summed E-state index contributed by atoms with van der Waals surface area (Å²) in [6.07, 6.45) is 2.46. The molecule has 3 nitrogen and oxygen atoms in total. The molecule has 0 unspecified atom stereocenters. The molecule has 0 aliphatic heterocycles. The van der Waals surface area contributed by atoms with Crippen LogP contribution < -0.4 is 0 Å². The monoisotopic (exact) mass is 321 g/mol. The molecular formula is C15H16BrNO2. The highest BCUT2D eigenvalue weighted by Crippen LogP contribution is 2.27. The molecular weight excluding hydrogens is 306 g/mol. The molecule has 0 fully saturated rings. The molecule has 0 amide bonds. The Bertz CT molecular complexity index is 638. The molecule has 0 saturated carbocycles. The van der Waals surface area contributed by atoms with Gasteiger partial charge in [0, 0.05) is 15.6 Å². The van der Waals surface area contributed by atoms with E-state index in [1.54, 1.807) is 0 Å². The van der Waals surface area contributed by atoms with Crippen molar-refractivity contribution in [3.05, 3.63) is 39.5 Å². The Morgan fingerprint density at radius 3 is 2.68 bits per heavy atom. The molecule has 0 bridgehead atoms. The first-order valence-electron chi connectivity index (χ1n) is 6.42. The molecule has 0 aliphatic rings. The fourth-order valence-corrected chi connectivity index (χ4v) is 2.75. The van der Waals surface area contributed by atoms with Gasteiger partial charge in [-0.25, -0.2) is 4.79 Å². The summed E-state index contributed by atoms with van der Waals surface area (Å²) in [6, 6.07) is 5.56. The highest BCUT2D eigenvalue weighted by molar-refractivity contribution is 9.10. The van der Waals surface area contributed by atoms with Crippen LogP contribution in [-0.4, -0.2) is 16.1 Å². The van der Waals surface area contributed by atoms with Crippen molar-refractivity contribution in [3.63, 3.8) is 0 Å². The minimum absolute atomic E-state index is 0.406. The lowest BCUT2D eigenvalue weighted by Crippen LogP contribution is -2.09. The largest absolute Gasteiger partial charge is 0.478 e. The van der Waals surface area contributed by atoms with Gasteiger partial charge in [-0.05, 0) is 30.5 Å². The number of nitrogens with zero attached hydrogens (tertiary/aromatic N) is 1. The third kappa shape index (κ3) is 2.63. The van der Waals surface area contributed by atoms with Crippen molar-refractivity contribution >= 4 is 32.8 Å². The highest BCUT2D eigenvalue weighted by atomic mass is 79.9. The zero-order chi connectivity index (χ0) is 14.0. The minimum atomic E-state index is -0.871. The minimum Gasteiger partial charge on any atom is -0.478 e. The summed E-state index contributed by atoms with van der Waals surface area (Å²) < 4.78 is 0.913. The quantitative estimate of drug-likeness (QED) is 0.917. The third-order valence-corrected chi connectivity index (χ3v) is 3.68. The zero-order valence-corrected chi connectivity index (χ0v) is 12.6. The van der Waals surface area contributed by atoms with Crippen molar-refractivity contribution in [2.75, 3.05) is 0 Å². The van der Waals surface area contributed by atoms with E-state index in [2.05, 4.69) is 27.8 Å². The molecule has 100 valence electrons. The Balaban J connectivity index is 2.85. The molecule has 1 aromatic carbocycles. The van der Waals surface area contributed by atoms with E-state index in [4.69, 9.17) is 0 Å². The lowest BCUT2D eigenvalue weighted by atomic mass is 9.96. The topological polar surface area (TPSA) is 50.2 Å². The van der Waals surface area contributed by atoms with Gasteiger partial charge in [-0.1, -0.05) is 42.3 Å². The van der Waals surface area contributed by atoms with Crippen LogP contribution in [0.25, 0.3) is 10.9 Å². The number of aromatic nitrogens is 1. The maximum atomic E-state index is 11.6. The number of pyridine rings is 1. The lowest BCUT2D eigenvalue weighted by Gasteiger charge is -2.13. The predicted octanol–water partition coefficient (Wildman–Crippen LogP) is 4.21. The first kappa shape index (κ1) is 14.0. The molecule has 4 heteroatoms. The second-order valence-corrected chi connectivity index (χ2v) is 5.40. The molecule has 0 radical (unpaired) electrons. The van der Waals surface area contributed by atoms with Crippen LogP contribution in [0.2, 0.25) is 0 Å². The Kier molecular flexibility index (Phi) is 4.20. The number of halogens is 1. The Morgan fingerprint density at radius 1 is 1.37 bits per heavy atom. The predicted molar refractivity (Wildman–Crippen MR) is 79.8 cm³/mol. The van der Waals surface area contributed by atoms with Gasteiger partial charge < -0.3 is 5.11 Å². The second-order valence-electron chi connectivity index (χ2n) is 4.48. The Morgan fingerprint density at radius 2 is 2.11 bits per heavy atom. The third-order valence-electron chi connectivity index (χ3n) is 3.19. The number of benzene rings is 1. The summed E-state index contributed by atoms with van der Waals surface area (Å²) in [6.45, 7) is 4.06. The van der Waals surface area contributed by atoms with Crippen LogP contribution in [0.4, 0.5) is 0 Å². The molecule has 0 atom stereocenters. The number of hydrogen-bond acceptors (Lipinski definition) is 2. The van der Waals surface area contributed by atoms with Crippen molar-refractivity contribution in [2.24, 2.45) is 0 Å². The molecule has 0 saturated heterocycles. The number of aromatic carboxylic acids is 1. The van der Waals surface area contributed by atoms with Gasteiger partial charge >= 0.3 is 5.97 Å². The fourth-order valence-electron chi connectivity index (χ4n) is 2.40. The van der Waals surface area contributed by atoms with Crippen LogP contribution >= 0.6 is 15.9 Å². The van der Waals surface area contributed by atoms with Gasteiger partial charge in [0.25, 0.3) is 0 Å². The maximum absolute atomic E-state index is 11.6. The number of carboxylic acids is 1. The van der Waals surface area contributed by atoms with Crippen LogP contribution in [0, 0.1) is 0 Å². The molecule has 1 heterocycles. The van der Waals surface area contributed by atoms with Crippen LogP contribution in [0.15, 0.2) is 22.7 Å². The van der Waals surface area contributed by atoms with E-state index >= 15 is 0 Å². The number of hydrogen-bond donors (Lipinski definition) is 1. The molecule has 2 aromatic rings. The molecule has 0 spiro atoms. The van der Waals surface area contributed by atoms with Crippen molar-refractivity contribution in [1.29, 1.82) is 0 Å². The van der Waals surface area contributed by atoms with Crippen LogP contribution in [0.5, 0.6) is 0 Å². The van der Waals surface area contributed by atoms with E-state index < -0.39 is 5.97 Å². The average molecular weight is 322 g/mol. The smallest absolute Gasteiger partial charge is 0.336 e. The summed E-state index contributed by atoms with van der Waals surface area (Å²) >= 11 is 3.41. The average Bonchev–Trinajstić information content (AvgIpc) is 2.37. The first-order valence-corrected chi connectivity index (χ1v) is 7.22. The normalized spacial score (nSPS) is 10.9. The van der Waals surface area contributed by atoms with E-state index in [-0.39, 0.29) is 0 Å². The molecule has 2 rings (SSSR count). The maximum Gasteiger partial charge on any atom is 0.336 e. The SMILES string of the molecule is CCCc1nc2cc(Br)ccc2c(C(=O)O)c1CC. The fraction of sp³-hybridized carbons (Fsp3) is 0.333. The summed E-state index contributed by atoms with van der Waals surface area (Å²) in [4.78, 5) is 16.2. The van der Waals surface area contributed by atoms with E-state index in [1.165, 1.54) is 0 Å². The highest BCUT2D eigenvalue weighted by Gasteiger charge is 2.18. The van der Waals surface area contributed by atoms with Gasteiger partial charge in [0.15, 0.2) is 0 Å². The molecule has 1 aromatic heterocycles. The van der Waals surface area contributed by atoms with Crippen molar-refractivity contribution in [3.8, 4) is 0 Å². The van der Waals surface area contributed by atoms with Crippen LogP contribution in [-0.2, 0) is 12.8 Å². The Labute approximate surface area is 120 Å². The van der Waals surface area contributed by atoms with Crippen molar-refractivity contribution in [2.45, 2.75) is 33.1 Å². The van der Waals surface area contributed by atoms with Gasteiger partial charge in [0.2, 0.25) is 0 Å². The number of carbonyl (C=O) groups is 1. The van der Waals surface area contributed by atoms with Crippen molar-refractivity contribution < 1.29 is 9.90 Å². The van der Waals surface area contributed by atoms with E-state index in [1.807, 2.05) is 25.1 Å². The summed E-state index contributed by atoms with van der Waals surface area (Å²) in [5, 5.41) is 10.2. The van der Waals surface area contributed by atoms with Gasteiger partial charge in [0.05, 0.1) is 11.1 Å².